The fraction of sp³-hybridized carbons (Fsp3) is 0.875. The number of piperidine rings is 2. The Labute approximate surface area is 126 Å². The molecule has 2 saturated heterocycles. The first-order valence-electron chi connectivity index (χ1n) is 8.24. The van der Waals surface area contributed by atoms with Crippen LogP contribution in [0.1, 0.15) is 45.4 Å². The van der Waals surface area contributed by atoms with E-state index in [9.17, 15) is 9.59 Å². The van der Waals surface area contributed by atoms with Crippen molar-refractivity contribution in [3.8, 4) is 0 Å². The van der Waals surface area contributed by atoms with Crippen molar-refractivity contribution >= 4 is 11.8 Å². The van der Waals surface area contributed by atoms with Crippen LogP contribution in [-0.4, -0.2) is 49.1 Å². The van der Waals surface area contributed by atoms with Crippen LogP contribution in [0.25, 0.3) is 0 Å². The second-order valence-electron chi connectivity index (χ2n) is 7.13. The van der Waals surface area contributed by atoms with E-state index >= 15 is 0 Å². The molecule has 0 aromatic carbocycles. The van der Waals surface area contributed by atoms with E-state index in [-0.39, 0.29) is 17.9 Å². The van der Waals surface area contributed by atoms with E-state index in [2.05, 4.69) is 5.32 Å². The molecule has 2 unspecified atom stereocenters. The van der Waals surface area contributed by atoms with Crippen LogP contribution in [0, 0.1) is 11.3 Å². The molecule has 1 aliphatic carbocycles. The van der Waals surface area contributed by atoms with Crippen molar-refractivity contribution in [2.45, 2.75) is 51.6 Å². The van der Waals surface area contributed by atoms with Crippen molar-refractivity contribution in [3.63, 3.8) is 0 Å². The lowest BCUT2D eigenvalue weighted by Crippen LogP contribution is -2.54. The van der Waals surface area contributed by atoms with Gasteiger partial charge < -0.3 is 15.0 Å². The van der Waals surface area contributed by atoms with E-state index in [1.807, 2.05) is 11.8 Å². The zero-order valence-electron chi connectivity index (χ0n) is 12.9. The molecule has 5 heteroatoms. The Bertz CT molecular complexity index is 410. The topological polar surface area (TPSA) is 58.6 Å². The molecular formula is C16H26N2O3. The highest BCUT2D eigenvalue weighted by Crippen LogP contribution is 2.32. The van der Waals surface area contributed by atoms with E-state index in [0.29, 0.717) is 19.4 Å². The molecule has 3 fully saturated rings. The highest BCUT2D eigenvalue weighted by atomic mass is 16.5. The lowest BCUT2D eigenvalue weighted by molar-refractivity contribution is -0.148. The molecule has 2 amide bonds. The number of nitrogens with one attached hydrogen (secondary N) is 1. The summed E-state index contributed by atoms with van der Waals surface area (Å²) in [5.74, 6) is 1.01. The maximum atomic E-state index is 12.8. The number of carbonyl (C=O) groups is 2. The molecule has 118 valence electrons. The molecule has 0 aromatic rings. The predicted octanol–water partition coefficient (Wildman–Crippen LogP) is 1.32. The maximum Gasteiger partial charge on any atom is 0.230 e. The number of hydrogen-bond donors (Lipinski definition) is 1. The fourth-order valence-electron chi connectivity index (χ4n) is 3.24. The van der Waals surface area contributed by atoms with Gasteiger partial charge in [-0.3, -0.25) is 9.59 Å². The average molecular weight is 294 g/mol. The van der Waals surface area contributed by atoms with Crippen LogP contribution in [-0.2, 0) is 14.3 Å². The summed E-state index contributed by atoms with van der Waals surface area (Å²) in [5, 5.41) is 2.83. The molecule has 0 spiro atoms. The summed E-state index contributed by atoms with van der Waals surface area (Å²) in [4.78, 5) is 26.1. The Balaban J connectivity index is 1.54. The quantitative estimate of drug-likeness (QED) is 0.851. The number of amides is 2. The van der Waals surface area contributed by atoms with Crippen LogP contribution in [0.3, 0.4) is 0 Å². The zero-order valence-corrected chi connectivity index (χ0v) is 12.9. The number of ether oxygens (including phenoxy) is 1. The zero-order chi connectivity index (χ0) is 14.9. The van der Waals surface area contributed by atoms with Crippen molar-refractivity contribution in [1.82, 2.24) is 10.2 Å². The number of nitrogens with zero attached hydrogens (tertiary/aromatic N) is 1. The van der Waals surface area contributed by atoms with Gasteiger partial charge in [-0.25, -0.2) is 0 Å². The molecule has 2 atom stereocenters. The van der Waals surface area contributed by atoms with E-state index in [1.165, 1.54) is 12.8 Å². The Morgan fingerprint density at radius 3 is 2.90 bits per heavy atom. The van der Waals surface area contributed by atoms with Crippen molar-refractivity contribution in [2.24, 2.45) is 11.3 Å². The van der Waals surface area contributed by atoms with Gasteiger partial charge in [0.05, 0.1) is 11.5 Å². The summed E-state index contributed by atoms with van der Waals surface area (Å²) in [5.41, 5.74) is -0.438. The van der Waals surface area contributed by atoms with Gasteiger partial charge in [-0.1, -0.05) is 0 Å². The Hall–Kier alpha value is -1.10. The van der Waals surface area contributed by atoms with Gasteiger partial charge >= 0.3 is 0 Å². The van der Waals surface area contributed by atoms with Crippen molar-refractivity contribution in [2.75, 3.05) is 26.2 Å². The number of carbonyl (C=O) groups excluding carboxylic acids is 2. The first kappa shape index (κ1) is 14.8. The van der Waals surface area contributed by atoms with Gasteiger partial charge in [0.25, 0.3) is 0 Å². The molecular weight excluding hydrogens is 268 g/mol. The third-order valence-corrected chi connectivity index (χ3v) is 5.03. The normalized spacial score (nSPS) is 33.7. The van der Waals surface area contributed by atoms with Gasteiger partial charge in [0, 0.05) is 32.7 Å². The van der Waals surface area contributed by atoms with Gasteiger partial charge in [0.2, 0.25) is 11.8 Å². The van der Waals surface area contributed by atoms with Gasteiger partial charge in [0.1, 0.15) is 0 Å². The molecule has 3 aliphatic rings. The summed E-state index contributed by atoms with van der Waals surface area (Å²) in [6, 6.07) is 0. The Morgan fingerprint density at radius 1 is 1.43 bits per heavy atom. The van der Waals surface area contributed by atoms with Gasteiger partial charge in [0.15, 0.2) is 0 Å². The fourth-order valence-corrected chi connectivity index (χ4v) is 3.24. The van der Waals surface area contributed by atoms with Crippen molar-refractivity contribution in [1.29, 1.82) is 0 Å². The minimum atomic E-state index is -0.438. The molecule has 0 radical (unpaired) electrons. The second kappa shape index (κ2) is 5.95. The third-order valence-electron chi connectivity index (χ3n) is 5.03. The highest BCUT2D eigenvalue weighted by molar-refractivity contribution is 5.86. The molecule has 1 N–H and O–H groups in total. The summed E-state index contributed by atoms with van der Waals surface area (Å²) in [7, 11) is 0. The van der Waals surface area contributed by atoms with Crippen LogP contribution in [0.2, 0.25) is 0 Å². The van der Waals surface area contributed by atoms with E-state index in [1.54, 1.807) is 0 Å². The Morgan fingerprint density at radius 2 is 2.24 bits per heavy atom. The van der Waals surface area contributed by atoms with Gasteiger partial charge in [-0.15, -0.1) is 0 Å². The minimum absolute atomic E-state index is 0.0598. The van der Waals surface area contributed by atoms with E-state index in [4.69, 9.17) is 4.74 Å². The molecule has 3 rings (SSSR count). The number of rotatable bonds is 4. The lowest BCUT2D eigenvalue weighted by atomic mass is 9.80. The van der Waals surface area contributed by atoms with Gasteiger partial charge in [-0.05, 0) is 44.9 Å². The summed E-state index contributed by atoms with van der Waals surface area (Å²) in [6.45, 7) is 4.85. The van der Waals surface area contributed by atoms with Crippen LogP contribution >= 0.6 is 0 Å². The first-order chi connectivity index (χ1) is 10.1. The summed E-state index contributed by atoms with van der Waals surface area (Å²) < 4.78 is 5.96. The third kappa shape index (κ3) is 3.57. The standard InChI is InChI=1S/C16H26N2O3/c1-16(7-6-14(19)17-11-16)15(20)18-8-2-3-13(9-18)21-10-12-4-5-12/h12-13H,2-11H2,1H3,(H,17,19). The SMILES string of the molecule is CC1(C(=O)N2CCCC(OCC3CC3)C2)CCC(=O)NC1. The monoisotopic (exact) mass is 294 g/mol. The van der Waals surface area contributed by atoms with Gasteiger partial charge in [-0.2, -0.15) is 0 Å². The van der Waals surface area contributed by atoms with E-state index in [0.717, 1.165) is 38.5 Å². The van der Waals surface area contributed by atoms with Crippen LogP contribution in [0.5, 0.6) is 0 Å². The molecule has 1 saturated carbocycles. The number of likely N-dealkylation sites (tertiary alicyclic amines) is 1. The molecule has 21 heavy (non-hydrogen) atoms. The lowest BCUT2D eigenvalue weighted by Gasteiger charge is -2.40. The summed E-state index contributed by atoms with van der Waals surface area (Å²) in [6.07, 6.45) is 5.98. The molecule has 2 aliphatic heterocycles. The van der Waals surface area contributed by atoms with E-state index < -0.39 is 5.41 Å². The van der Waals surface area contributed by atoms with Crippen LogP contribution in [0.15, 0.2) is 0 Å². The minimum Gasteiger partial charge on any atom is -0.376 e. The Kier molecular flexibility index (Phi) is 4.20. The molecule has 0 bridgehead atoms. The molecule has 5 nitrogen and oxygen atoms in total. The van der Waals surface area contributed by atoms with Crippen LogP contribution in [0.4, 0.5) is 0 Å². The highest BCUT2D eigenvalue weighted by Gasteiger charge is 2.41. The first-order valence-corrected chi connectivity index (χ1v) is 8.24. The summed E-state index contributed by atoms with van der Waals surface area (Å²) >= 11 is 0. The second-order valence-corrected chi connectivity index (χ2v) is 7.13. The van der Waals surface area contributed by atoms with Crippen molar-refractivity contribution < 1.29 is 14.3 Å². The number of hydrogen-bond acceptors (Lipinski definition) is 3. The maximum absolute atomic E-state index is 12.8. The van der Waals surface area contributed by atoms with Crippen LogP contribution < -0.4 is 5.32 Å². The van der Waals surface area contributed by atoms with Crippen molar-refractivity contribution in [3.05, 3.63) is 0 Å². The average Bonchev–Trinajstić information content (AvgIpc) is 3.32. The smallest absolute Gasteiger partial charge is 0.230 e. The molecule has 2 heterocycles. The molecule has 0 aromatic heterocycles. The largest absolute Gasteiger partial charge is 0.376 e. The predicted molar refractivity (Wildman–Crippen MR) is 78.6 cm³/mol.